The van der Waals surface area contributed by atoms with Crippen LogP contribution in [0.1, 0.15) is 29.7 Å². The molecule has 3 rings (SSSR count). The molecule has 0 amide bonds. The molecule has 1 aliphatic rings. The van der Waals surface area contributed by atoms with Crippen LogP contribution >= 0.6 is 11.6 Å². The highest BCUT2D eigenvalue weighted by molar-refractivity contribution is 6.30. The minimum atomic E-state index is -0.526. The molecule has 20 heavy (non-hydrogen) atoms. The van der Waals surface area contributed by atoms with Crippen LogP contribution in [0.5, 0.6) is 5.75 Å². The van der Waals surface area contributed by atoms with Gasteiger partial charge in [-0.2, -0.15) is 0 Å². The Kier molecular flexibility index (Phi) is 3.36. The molecule has 0 radical (unpaired) electrons. The van der Waals surface area contributed by atoms with E-state index in [2.05, 4.69) is 0 Å². The van der Waals surface area contributed by atoms with Crippen molar-refractivity contribution < 1.29 is 13.5 Å². The largest absolute Gasteiger partial charge is 0.485 e. The fourth-order valence-corrected chi connectivity index (χ4v) is 2.62. The van der Waals surface area contributed by atoms with Gasteiger partial charge in [0.25, 0.3) is 0 Å². The molecule has 2 nitrogen and oxygen atoms in total. The Balaban J connectivity index is 1.99. The Morgan fingerprint density at radius 2 is 1.95 bits per heavy atom. The van der Waals surface area contributed by atoms with Gasteiger partial charge in [-0.15, -0.1) is 0 Å². The molecule has 2 N–H and O–H groups in total. The first-order valence-electron chi connectivity index (χ1n) is 6.22. The summed E-state index contributed by atoms with van der Waals surface area (Å²) in [5, 5.41) is 0.0459. The molecule has 2 atom stereocenters. The third-order valence-electron chi connectivity index (χ3n) is 3.44. The van der Waals surface area contributed by atoms with E-state index in [1.165, 1.54) is 24.3 Å². The minimum absolute atomic E-state index is 0.0459. The van der Waals surface area contributed by atoms with E-state index >= 15 is 0 Å². The van der Waals surface area contributed by atoms with Crippen LogP contribution in [0.2, 0.25) is 5.02 Å². The Labute approximate surface area is 120 Å². The maximum Gasteiger partial charge on any atom is 0.148 e. The zero-order valence-electron chi connectivity index (χ0n) is 10.4. The lowest BCUT2D eigenvalue weighted by Gasteiger charge is -2.30. The monoisotopic (exact) mass is 295 g/mol. The Morgan fingerprint density at radius 1 is 1.15 bits per heavy atom. The van der Waals surface area contributed by atoms with E-state index in [1.807, 2.05) is 0 Å². The summed E-state index contributed by atoms with van der Waals surface area (Å²) in [6.45, 7) is 0. The van der Waals surface area contributed by atoms with Crippen molar-refractivity contribution in [3.05, 3.63) is 64.2 Å². The van der Waals surface area contributed by atoms with Gasteiger partial charge >= 0.3 is 0 Å². The van der Waals surface area contributed by atoms with Gasteiger partial charge in [0.05, 0.1) is 5.02 Å². The van der Waals surface area contributed by atoms with E-state index in [-0.39, 0.29) is 10.8 Å². The smallest absolute Gasteiger partial charge is 0.148 e. The Hall–Kier alpha value is -1.65. The summed E-state index contributed by atoms with van der Waals surface area (Å²) >= 11 is 5.78. The number of nitrogens with two attached hydrogens (primary N) is 1. The minimum Gasteiger partial charge on any atom is -0.485 e. The van der Waals surface area contributed by atoms with E-state index in [0.29, 0.717) is 23.3 Å². The van der Waals surface area contributed by atoms with Gasteiger partial charge in [0, 0.05) is 23.6 Å². The topological polar surface area (TPSA) is 35.2 Å². The van der Waals surface area contributed by atoms with Crippen molar-refractivity contribution in [1.82, 2.24) is 0 Å². The Morgan fingerprint density at radius 3 is 2.75 bits per heavy atom. The van der Waals surface area contributed by atoms with Gasteiger partial charge in [-0.1, -0.05) is 23.7 Å². The first kappa shape index (κ1) is 13.3. The standard InChI is InChI=1S/C15H12ClF2NO/c16-11-3-1-2-9(15(11)18)14-7-12(19)10-6-8(17)4-5-13(10)20-14/h1-6,12,14H,7,19H2/t12-,14?/m0/s1. The van der Waals surface area contributed by atoms with Gasteiger partial charge in [-0.3, -0.25) is 0 Å². The van der Waals surface area contributed by atoms with Gasteiger partial charge < -0.3 is 10.5 Å². The molecule has 5 heteroatoms. The summed E-state index contributed by atoms with van der Waals surface area (Å²) in [7, 11) is 0. The summed E-state index contributed by atoms with van der Waals surface area (Å²) in [5.41, 5.74) is 6.99. The molecule has 2 aromatic carbocycles. The Bertz CT molecular complexity index is 662. The average Bonchev–Trinajstić information content (AvgIpc) is 2.42. The fourth-order valence-electron chi connectivity index (χ4n) is 2.43. The van der Waals surface area contributed by atoms with E-state index < -0.39 is 18.0 Å². The first-order valence-corrected chi connectivity index (χ1v) is 6.59. The van der Waals surface area contributed by atoms with Gasteiger partial charge in [0.1, 0.15) is 23.5 Å². The molecule has 104 valence electrons. The van der Waals surface area contributed by atoms with E-state index in [1.54, 1.807) is 12.1 Å². The molecule has 0 saturated heterocycles. The number of halogens is 3. The summed E-state index contributed by atoms with van der Waals surface area (Å²) in [4.78, 5) is 0. The number of rotatable bonds is 1. The van der Waals surface area contributed by atoms with Crippen LogP contribution in [0.15, 0.2) is 36.4 Å². The van der Waals surface area contributed by atoms with E-state index in [9.17, 15) is 8.78 Å². The summed E-state index contributed by atoms with van der Waals surface area (Å²) in [6, 6.07) is 8.51. The zero-order valence-corrected chi connectivity index (χ0v) is 11.2. The van der Waals surface area contributed by atoms with Crippen LogP contribution in [0, 0.1) is 11.6 Å². The average molecular weight is 296 g/mol. The van der Waals surface area contributed by atoms with Gasteiger partial charge in [0.15, 0.2) is 0 Å². The summed E-state index contributed by atoms with van der Waals surface area (Å²) < 4.78 is 33.0. The SMILES string of the molecule is N[C@H]1CC(c2cccc(Cl)c2F)Oc2ccc(F)cc21. The van der Waals surface area contributed by atoms with E-state index in [4.69, 9.17) is 22.1 Å². The van der Waals surface area contributed by atoms with Crippen LogP contribution in [0.3, 0.4) is 0 Å². The highest BCUT2D eigenvalue weighted by Gasteiger charge is 2.29. The summed E-state index contributed by atoms with van der Waals surface area (Å²) in [6.07, 6.45) is -0.157. The van der Waals surface area contributed by atoms with Gasteiger partial charge in [-0.05, 0) is 24.3 Å². The second kappa shape index (κ2) is 5.04. The number of fused-ring (bicyclic) bond motifs is 1. The van der Waals surface area contributed by atoms with Crippen molar-refractivity contribution in [3.63, 3.8) is 0 Å². The lowest BCUT2D eigenvalue weighted by molar-refractivity contribution is 0.157. The molecule has 1 heterocycles. The molecule has 0 aliphatic carbocycles. The molecule has 0 aromatic heterocycles. The molecule has 0 fully saturated rings. The highest BCUT2D eigenvalue weighted by atomic mass is 35.5. The van der Waals surface area contributed by atoms with Crippen molar-refractivity contribution in [3.8, 4) is 5.75 Å². The van der Waals surface area contributed by atoms with Crippen molar-refractivity contribution in [2.75, 3.05) is 0 Å². The molecular weight excluding hydrogens is 284 g/mol. The third-order valence-corrected chi connectivity index (χ3v) is 3.73. The number of benzene rings is 2. The van der Waals surface area contributed by atoms with Crippen LogP contribution in [0.25, 0.3) is 0 Å². The number of ether oxygens (including phenoxy) is 1. The molecule has 1 aliphatic heterocycles. The molecule has 1 unspecified atom stereocenters. The highest BCUT2D eigenvalue weighted by Crippen LogP contribution is 2.41. The van der Waals surface area contributed by atoms with Crippen molar-refractivity contribution in [2.24, 2.45) is 5.73 Å². The van der Waals surface area contributed by atoms with Crippen LogP contribution in [-0.2, 0) is 0 Å². The van der Waals surface area contributed by atoms with Gasteiger partial charge in [0.2, 0.25) is 0 Å². The maximum absolute atomic E-state index is 14.0. The lowest BCUT2D eigenvalue weighted by Crippen LogP contribution is -2.25. The summed E-state index contributed by atoms with van der Waals surface area (Å²) in [5.74, 6) is -0.387. The quantitative estimate of drug-likeness (QED) is 0.858. The van der Waals surface area contributed by atoms with Crippen LogP contribution < -0.4 is 10.5 Å². The van der Waals surface area contributed by atoms with Gasteiger partial charge in [-0.25, -0.2) is 8.78 Å². The van der Waals surface area contributed by atoms with Crippen molar-refractivity contribution in [2.45, 2.75) is 18.6 Å². The van der Waals surface area contributed by atoms with Crippen LogP contribution in [0.4, 0.5) is 8.78 Å². The predicted molar refractivity (Wildman–Crippen MR) is 72.7 cm³/mol. The third kappa shape index (κ3) is 2.25. The predicted octanol–water partition coefficient (Wildman–Crippen LogP) is 4.14. The number of hydrogen-bond donors (Lipinski definition) is 1. The lowest BCUT2D eigenvalue weighted by atomic mass is 9.93. The second-order valence-corrected chi connectivity index (χ2v) is 5.18. The normalized spacial score (nSPS) is 21.2. The zero-order chi connectivity index (χ0) is 14.3. The van der Waals surface area contributed by atoms with Crippen LogP contribution in [-0.4, -0.2) is 0 Å². The number of hydrogen-bond acceptors (Lipinski definition) is 2. The molecule has 0 bridgehead atoms. The fraction of sp³-hybridized carbons (Fsp3) is 0.200. The van der Waals surface area contributed by atoms with E-state index in [0.717, 1.165) is 0 Å². The molecule has 0 saturated carbocycles. The molecule has 0 spiro atoms. The second-order valence-electron chi connectivity index (χ2n) is 4.77. The van der Waals surface area contributed by atoms with Crippen molar-refractivity contribution in [1.29, 1.82) is 0 Å². The maximum atomic E-state index is 14.0. The molecular formula is C15H12ClF2NO. The molecule has 2 aromatic rings. The van der Waals surface area contributed by atoms with Crippen molar-refractivity contribution >= 4 is 11.6 Å². The first-order chi connectivity index (χ1) is 9.56.